The minimum absolute atomic E-state index is 0.0655. The van der Waals surface area contributed by atoms with Gasteiger partial charge in [0.15, 0.2) is 11.5 Å². The zero-order valence-corrected chi connectivity index (χ0v) is 11.2. The van der Waals surface area contributed by atoms with Crippen molar-refractivity contribution in [1.29, 1.82) is 5.26 Å². The van der Waals surface area contributed by atoms with E-state index in [2.05, 4.69) is 24.4 Å². The molecule has 100 valence electrons. The molecule has 0 saturated heterocycles. The molecule has 0 bridgehead atoms. The van der Waals surface area contributed by atoms with E-state index in [9.17, 15) is 0 Å². The van der Waals surface area contributed by atoms with Crippen LogP contribution in [0.3, 0.4) is 0 Å². The van der Waals surface area contributed by atoms with Crippen LogP contribution in [0.1, 0.15) is 24.0 Å². The second-order valence-electron chi connectivity index (χ2n) is 5.45. The summed E-state index contributed by atoms with van der Waals surface area (Å²) in [4.78, 5) is 0. The van der Waals surface area contributed by atoms with Crippen LogP contribution in [0.5, 0.6) is 11.5 Å². The van der Waals surface area contributed by atoms with Crippen molar-refractivity contribution in [1.82, 2.24) is 5.32 Å². The van der Waals surface area contributed by atoms with Crippen LogP contribution >= 0.6 is 0 Å². The van der Waals surface area contributed by atoms with Gasteiger partial charge in [-0.3, -0.25) is 0 Å². The van der Waals surface area contributed by atoms with Crippen LogP contribution in [-0.4, -0.2) is 19.9 Å². The topological polar surface area (TPSA) is 54.3 Å². The first-order valence-electron chi connectivity index (χ1n) is 6.74. The van der Waals surface area contributed by atoms with Crippen molar-refractivity contribution in [2.24, 2.45) is 5.41 Å². The zero-order chi connectivity index (χ0) is 13.3. The van der Waals surface area contributed by atoms with E-state index >= 15 is 0 Å². The number of hydrogen-bond acceptors (Lipinski definition) is 4. The predicted molar refractivity (Wildman–Crippen MR) is 71.2 cm³/mol. The molecular formula is C15H18N2O2. The van der Waals surface area contributed by atoms with Gasteiger partial charge >= 0.3 is 0 Å². The average molecular weight is 258 g/mol. The third kappa shape index (κ3) is 2.52. The predicted octanol–water partition coefficient (Wildman–Crippen LogP) is 2.16. The monoisotopic (exact) mass is 258 g/mol. The third-order valence-corrected chi connectivity index (χ3v) is 3.96. The van der Waals surface area contributed by atoms with Crippen molar-refractivity contribution in [2.45, 2.75) is 26.2 Å². The highest BCUT2D eigenvalue weighted by atomic mass is 16.7. The van der Waals surface area contributed by atoms with E-state index in [0.29, 0.717) is 6.79 Å². The van der Waals surface area contributed by atoms with Crippen LogP contribution in [0.25, 0.3) is 0 Å². The Morgan fingerprint density at radius 2 is 2.05 bits per heavy atom. The molecule has 0 aromatic heterocycles. The Morgan fingerprint density at radius 3 is 2.74 bits per heavy atom. The summed E-state index contributed by atoms with van der Waals surface area (Å²) in [5, 5.41) is 12.4. The lowest BCUT2D eigenvalue weighted by Crippen LogP contribution is -2.25. The van der Waals surface area contributed by atoms with Gasteiger partial charge < -0.3 is 14.8 Å². The van der Waals surface area contributed by atoms with E-state index in [0.717, 1.165) is 43.9 Å². The lowest BCUT2D eigenvalue weighted by atomic mass is 10.0. The Kier molecular flexibility index (Phi) is 3.08. The Hall–Kier alpha value is -1.73. The van der Waals surface area contributed by atoms with Crippen molar-refractivity contribution in [2.75, 3.05) is 19.9 Å². The van der Waals surface area contributed by atoms with Crippen LogP contribution in [0.2, 0.25) is 0 Å². The number of nitriles is 1. The van der Waals surface area contributed by atoms with Gasteiger partial charge in [-0.2, -0.15) is 5.26 Å². The van der Waals surface area contributed by atoms with Gasteiger partial charge in [0.05, 0.1) is 11.5 Å². The summed E-state index contributed by atoms with van der Waals surface area (Å²) in [6.07, 6.45) is 3.03. The summed E-state index contributed by atoms with van der Waals surface area (Å²) in [6.45, 7) is 4.12. The summed E-state index contributed by atoms with van der Waals surface area (Å²) in [7, 11) is 0. The average Bonchev–Trinajstić information content (AvgIpc) is 3.06. The minimum atomic E-state index is -0.0655. The summed E-state index contributed by atoms with van der Waals surface area (Å²) in [6, 6.07) is 6.50. The van der Waals surface area contributed by atoms with Gasteiger partial charge in [0.25, 0.3) is 0 Å². The molecule has 1 aliphatic carbocycles. The van der Waals surface area contributed by atoms with E-state index in [1.54, 1.807) is 0 Å². The minimum Gasteiger partial charge on any atom is -0.454 e. The van der Waals surface area contributed by atoms with Crippen molar-refractivity contribution in [3.63, 3.8) is 0 Å². The molecule has 4 heteroatoms. The van der Waals surface area contributed by atoms with Gasteiger partial charge in [-0.25, -0.2) is 0 Å². The maximum Gasteiger partial charge on any atom is 0.231 e. The largest absolute Gasteiger partial charge is 0.454 e. The first kappa shape index (κ1) is 12.3. The third-order valence-electron chi connectivity index (χ3n) is 3.96. The van der Waals surface area contributed by atoms with Gasteiger partial charge in [-0.15, -0.1) is 0 Å². The smallest absolute Gasteiger partial charge is 0.231 e. The lowest BCUT2D eigenvalue weighted by molar-refractivity contribution is 0.174. The molecular weight excluding hydrogens is 240 g/mol. The Labute approximate surface area is 113 Å². The van der Waals surface area contributed by atoms with Crippen LogP contribution in [0, 0.1) is 23.7 Å². The highest BCUT2D eigenvalue weighted by Crippen LogP contribution is 2.44. The van der Waals surface area contributed by atoms with Crippen molar-refractivity contribution in [3.8, 4) is 17.6 Å². The molecule has 1 N–H and O–H groups in total. The fourth-order valence-electron chi connectivity index (χ4n) is 2.38. The molecule has 0 radical (unpaired) electrons. The van der Waals surface area contributed by atoms with E-state index in [1.807, 2.05) is 6.07 Å². The number of hydrogen-bond donors (Lipinski definition) is 1. The van der Waals surface area contributed by atoms with Gasteiger partial charge in [0, 0.05) is 6.54 Å². The second kappa shape index (κ2) is 4.75. The van der Waals surface area contributed by atoms with Gasteiger partial charge in [0.1, 0.15) is 0 Å². The van der Waals surface area contributed by atoms with Gasteiger partial charge in [-0.1, -0.05) is 0 Å². The number of nitrogens with zero attached hydrogens (tertiary/aromatic N) is 1. The van der Waals surface area contributed by atoms with Crippen LogP contribution < -0.4 is 14.8 Å². The molecule has 1 aromatic rings. The number of ether oxygens (including phenoxy) is 2. The molecule has 1 fully saturated rings. The molecule has 4 nitrogen and oxygen atoms in total. The van der Waals surface area contributed by atoms with E-state index < -0.39 is 0 Å². The maximum atomic E-state index is 9.00. The molecule has 1 aliphatic heterocycles. The molecule has 3 rings (SSSR count). The van der Waals surface area contributed by atoms with E-state index in [-0.39, 0.29) is 5.41 Å². The fourth-order valence-corrected chi connectivity index (χ4v) is 2.38. The molecule has 1 saturated carbocycles. The number of rotatable bonds is 5. The normalized spacial score (nSPS) is 18.1. The molecule has 0 atom stereocenters. The molecule has 1 aromatic carbocycles. The maximum absolute atomic E-state index is 9.00. The number of nitrogens with one attached hydrogen (secondary N) is 1. The summed E-state index contributed by atoms with van der Waals surface area (Å²) >= 11 is 0. The number of benzene rings is 1. The molecule has 19 heavy (non-hydrogen) atoms. The standard InChI is InChI=1S/C15H18N2O2/c1-11-6-13-14(19-10-18-13)7-12(11)2-5-17-9-15(8-16)3-4-15/h6-7,17H,2-5,9-10H2,1H3. The summed E-state index contributed by atoms with van der Waals surface area (Å²) in [5.74, 6) is 1.69. The van der Waals surface area contributed by atoms with Crippen molar-refractivity contribution in [3.05, 3.63) is 23.3 Å². The Morgan fingerprint density at radius 1 is 1.32 bits per heavy atom. The molecule has 1 heterocycles. The SMILES string of the molecule is Cc1cc2c(cc1CCNCC1(C#N)CC1)OCO2. The highest BCUT2D eigenvalue weighted by molar-refractivity contribution is 5.48. The molecule has 0 spiro atoms. The quantitative estimate of drug-likeness (QED) is 0.822. The van der Waals surface area contributed by atoms with E-state index in [1.165, 1.54) is 11.1 Å². The number of fused-ring (bicyclic) bond motifs is 1. The van der Waals surface area contributed by atoms with E-state index in [4.69, 9.17) is 14.7 Å². The Bertz CT molecular complexity index is 530. The molecule has 2 aliphatic rings. The zero-order valence-electron chi connectivity index (χ0n) is 11.2. The summed E-state index contributed by atoms with van der Waals surface area (Å²) in [5.41, 5.74) is 2.44. The van der Waals surface area contributed by atoms with Crippen LogP contribution in [-0.2, 0) is 6.42 Å². The lowest BCUT2D eigenvalue weighted by Gasteiger charge is -2.10. The Balaban J connectivity index is 1.54. The van der Waals surface area contributed by atoms with Crippen molar-refractivity contribution < 1.29 is 9.47 Å². The second-order valence-corrected chi connectivity index (χ2v) is 5.45. The fraction of sp³-hybridized carbons (Fsp3) is 0.533. The molecule has 0 amide bonds. The first-order chi connectivity index (χ1) is 9.22. The van der Waals surface area contributed by atoms with Crippen LogP contribution in [0.4, 0.5) is 0 Å². The first-order valence-corrected chi connectivity index (χ1v) is 6.74. The van der Waals surface area contributed by atoms with Crippen molar-refractivity contribution >= 4 is 0 Å². The number of aryl methyl sites for hydroxylation is 1. The van der Waals surface area contributed by atoms with Crippen LogP contribution in [0.15, 0.2) is 12.1 Å². The molecule has 0 unspecified atom stereocenters. The van der Waals surface area contributed by atoms with Gasteiger partial charge in [-0.05, 0) is 56.0 Å². The highest BCUT2D eigenvalue weighted by Gasteiger charge is 2.42. The van der Waals surface area contributed by atoms with Gasteiger partial charge in [0.2, 0.25) is 6.79 Å². The summed E-state index contributed by atoms with van der Waals surface area (Å²) < 4.78 is 10.7.